The number of hydrogen-bond acceptors (Lipinski definition) is 0. The molecule has 0 fully saturated rings. The molecule has 0 saturated heterocycles. The molecular weight excluding hydrogens is 288 g/mol. The van der Waals surface area contributed by atoms with Crippen LogP contribution in [0, 0.1) is 0 Å². The van der Waals surface area contributed by atoms with Crippen molar-refractivity contribution in [2.75, 3.05) is 0 Å². The molecule has 0 amide bonds. The monoisotopic (exact) mass is 306 g/mol. The molecule has 114 valence electrons. The third kappa shape index (κ3) is 2.07. The average molecular weight is 306 g/mol. The van der Waals surface area contributed by atoms with E-state index in [2.05, 4.69) is 91.0 Å². The quantitative estimate of drug-likeness (QED) is 0.421. The van der Waals surface area contributed by atoms with Crippen molar-refractivity contribution in [3.8, 4) is 11.1 Å². The Morgan fingerprint density at radius 2 is 1.62 bits per heavy atom. The summed E-state index contributed by atoms with van der Waals surface area (Å²) >= 11 is 0. The van der Waals surface area contributed by atoms with Crippen molar-refractivity contribution >= 4 is 12.2 Å². The molecule has 1 unspecified atom stereocenters. The van der Waals surface area contributed by atoms with E-state index in [1.54, 1.807) is 0 Å². The second-order valence-corrected chi connectivity index (χ2v) is 6.58. The van der Waals surface area contributed by atoms with Gasteiger partial charge in [0.2, 0.25) is 0 Å². The second kappa shape index (κ2) is 5.35. The standard InChI is InChI=1S/C24H18/c1-3-9-21-17(6-1)12-14-19(21)15-13-18-8-5-11-23-22-10-4-2-7-20(22)16-24(18)23/h1-15,19H,16H2. The van der Waals surface area contributed by atoms with E-state index in [-0.39, 0.29) is 0 Å². The Kier molecular flexibility index (Phi) is 3.02. The Labute approximate surface area is 142 Å². The second-order valence-electron chi connectivity index (χ2n) is 6.58. The average Bonchev–Trinajstić information content (AvgIpc) is 3.21. The highest BCUT2D eigenvalue weighted by Gasteiger charge is 2.20. The SMILES string of the molecule is C1=CC(C=Cc2cccc3c2Cc2ccccc2-3)c2ccccc21. The highest BCUT2D eigenvalue weighted by molar-refractivity contribution is 5.80. The smallest absolute Gasteiger partial charge is 0.0211 e. The Morgan fingerprint density at radius 1 is 0.792 bits per heavy atom. The zero-order valence-electron chi connectivity index (χ0n) is 13.4. The van der Waals surface area contributed by atoms with Gasteiger partial charge in [0, 0.05) is 5.92 Å². The van der Waals surface area contributed by atoms with Gasteiger partial charge < -0.3 is 0 Å². The fourth-order valence-electron chi connectivity index (χ4n) is 3.99. The Bertz CT molecular complexity index is 988. The molecule has 0 aliphatic heterocycles. The first kappa shape index (κ1) is 13.6. The molecule has 0 N–H and O–H groups in total. The molecule has 0 aromatic heterocycles. The molecule has 2 aliphatic carbocycles. The van der Waals surface area contributed by atoms with E-state index in [0.717, 1.165) is 6.42 Å². The van der Waals surface area contributed by atoms with E-state index in [1.165, 1.54) is 38.9 Å². The molecule has 0 bridgehead atoms. The summed E-state index contributed by atoms with van der Waals surface area (Å²) in [6.07, 6.45) is 10.2. The molecule has 0 radical (unpaired) electrons. The molecule has 0 nitrogen and oxygen atoms in total. The molecule has 5 rings (SSSR count). The van der Waals surface area contributed by atoms with Crippen LogP contribution in [0.4, 0.5) is 0 Å². The molecular formula is C24H18. The van der Waals surface area contributed by atoms with Crippen LogP contribution in [0.5, 0.6) is 0 Å². The fraction of sp³-hybridized carbons (Fsp3) is 0.0833. The first-order chi connectivity index (χ1) is 11.9. The van der Waals surface area contributed by atoms with Gasteiger partial charge in [0.15, 0.2) is 0 Å². The van der Waals surface area contributed by atoms with Gasteiger partial charge in [0.05, 0.1) is 0 Å². The largest absolute Gasteiger partial charge is 0.0726 e. The van der Waals surface area contributed by atoms with Crippen LogP contribution in [0.2, 0.25) is 0 Å². The number of rotatable bonds is 2. The first-order valence-corrected chi connectivity index (χ1v) is 8.56. The van der Waals surface area contributed by atoms with E-state index >= 15 is 0 Å². The van der Waals surface area contributed by atoms with Crippen molar-refractivity contribution in [3.63, 3.8) is 0 Å². The summed E-state index contributed by atoms with van der Waals surface area (Å²) in [5, 5.41) is 0. The van der Waals surface area contributed by atoms with Crippen LogP contribution < -0.4 is 0 Å². The van der Waals surface area contributed by atoms with Gasteiger partial charge in [-0.2, -0.15) is 0 Å². The summed E-state index contributed by atoms with van der Waals surface area (Å²) in [6, 6.07) is 24.1. The lowest BCUT2D eigenvalue weighted by Crippen LogP contribution is -1.90. The molecule has 24 heavy (non-hydrogen) atoms. The lowest BCUT2D eigenvalue weighted by atomic mass is 9.97. The molecule has 0 heteroatoms. The van der Waals surface area contributed by atoms with E-state index in [1.807, 2.05) is 0 Å². The molecule has 3 aromatic rings. The van der Waals surface area contributed by atoms with E-state index in [4.69, 9.17) is 0 Å². The van der Waals surface area contributed by atoms with Crippen molar-refractivity contribution in [2.45, 2.75) is 12.3 Å². The lowest BCUT2D eigenvalue weighted by molar-refractivity contribution is 1.12. The normalized spacial score (nSPS) is 17.1. The van der Waals surface area contributed by atoms with E-state index in [0.29, 0.717) is 5.92 Å². The van der Waals surface area contributed by atoms with Crippen LogP contribution in [0.15, 0.2) is 78.9 Å². The summed E-state index contributed by atoms with van der Waals surface area (Å²) in [4.78, 5) is 0. The topological polar surface area (TPSA) is 0 Å². The highest BCUT2D eigenvalue weighted by Crippen LogP contribution is 2.39. The van der Waals surface area contributed by atoms with Gasteiger partial charge in [-0.05, 0) is 45.4 Å². The summed E-state index contributed by atoms with van der Waals surface area (Å²) < 4.78 is 0. The predicted octanol–water partition coefficient (Wildman–Crippen LogP) is 6.08. The third-order valence-corrected chi connectivity index (χ3v) is 5.21. The minimum absolute atomic E-state index is 0.390. The van der Waals surface area contributed by atoms with E-state index < -0.39 is 0 Å². The van der Waals surface area contributed by atoms with Crippen molar-refractivity contribution in [3.05, 3.63) is 107 Å². The van der Waals surface area contributed by atoms with Crippen LogP contribution in [0.1, 0.15) is 33.7 Å². The van der Waals surface area contributed by atoms with Crippen molar-refractivity contribution < 1.29 is 0 Å². The summed E-state index contributed by atoms with van der Waals surface area (Å²) in [7, 11) is 0. The zero-order chi connectivity index (χ0) is 15.9. The van der Waals surface area contributed by atoms with Gasteiger partial charge in [-0.3, -0.25) is 0 Å². The molecule has 1 atom stereocenters. The lowest BCUT2D eigenvalue weighted by Gasteiger charge is -2.07. The minimum Gasteiger partial charge on any atom is -0.0726 e. The van der Waals surface area contributed by atoms with Crippen molar-refractivity contribution in [1.29, 1.82) is 0 Å². The van der Waals surface area contributed by atoms with Crippen molar-refractivity contribution in [1.82, 2.24) is 0 Å². The molecule has 0 saturated carbocycles. The van der Waals surface area contributed by atoms with Gasteiger partial charge in [0.25, 0.3) is 0 Å². The zero-order valence-corrected chi connectivity index (χ0v) is 13.4. The number of allylic oxidation sites excluding steroid dienone is 2. The Balaban J connectivity index is 1.51. The summed E-state index contributed by atoms with van der Waals surface area (Å²) in [5.74, 6) is 0.390. The Morgan fingerprint density at radius 3 is 2.62 bits per heavy atom. The maximum absolute atomic E-state index is 2.33. The van der Waals surface area contributed by atoms with Gasteiger partial charge in [-0.15, -0.1) is 0 Å². The van der Waals surface area contributed by atoms with Crippen LogP contribution in [0.3, 0.4) is 0 Å². The van der Waals surface area contributed by atoms with Gasteiger partial charge in [-0.1, -0.05) is 91.0 Å². The van der Waals surface area contributed by atoms with Crippen LogP contribution in [-0.4, -0.2) is 0 Å². The number of benzene rings is 3. The molecule has 3 aromatic carbocycles. The van der Waals surface area contributed by atoms with Crippen LogP contribution in [0.25, 0.3) is 23.3 Å². The molecule has 0 spiro atoms. The minimum atomic E-state index is 0.390. The van der Waals surface area contributed by atoms with Gasteiger partial charge in [0.1, 0.15) is 0 Å². The van der Waals surface area contributed by atoms with Gasteiger partial charge >= 0.3 is 0 Å². The summed E-state index contributed by atoms with van der Waals surface area (Å²) in [6.45, 7) is 0. The van der Waals surface area contributed by atoms with Crippen LogP contribution in [-0.2, 0) is 6.42 Å². The summed E-state index contributed by atoms with van der Waals surface area (Å²) in [5.41, 5.74) is 9.80. The maximum Gasteiger partial charge on any atom is 0.0211 e. The van der Waals surface area contributed by atoms with Crippen molar-refractivity contribution in [2.24, 2.45) is 0 Å². The highest BCUT2D eigenvalue weighted by atomic mass is 14.2. The van der Waals surface area contributed by atoms with Crippen LogP contribution >= 0.6 is 0 Å². The molecule has 0 heterocycles. The third-order valence-electron chi connectivity index (χ3n) is 5.21. The number of hydrogen-bond donors (Lipinski definition) is 0. The van der Waals surface area contributed by atoms with E-state index in [9.17, 15) is 0 Å². The van der Waals surface area contributed by atoms with Gasteiger partial charge in [-0.25, -0.2) is 0 Å². The predicted molar refractivity (Wildman–Crippen MR) is 102 cm³/mol. The Hall–Kier alpha value is -2.86. The maximum atomic E-state index is 2.33. The number of fused-ring (bicyclic) bond motifs is 4. The first-order valence-electron chi connectivity index (χ1n) is 8.56. The fourth-order valence-corrected chi connectivity index (χ4v) is 3.99. The molecule has 2 aliphatic rings.